The summed E-state index contributed by atoms with van der Waals surface area (Å²) in [5.74, 6) is 0. The van der Waals surface area contributed by atoms with Crippen LogP contribution in [0.25, 0.3) is 10.9 Å². The lowest BCUT2D eigenvalue weighted by Gasteiger charge is -2.16. The van der Waals surface area contributed by atoms with Gasteiger partial charge in [0, 0.05) is 34.7 Å². The highest BCUT2D eigenvalue weighted by molar-refractivity contribution is 7.80. The van der Waals surface area contributed by atoms with Crippen molar-refractivity contribution >= 4 is 33.9 Å². The van der Waals surface area contributed by atoms with Crippen LogP contribution in [0.15, 0.2) is 48.5 Å². The Balaban J connectivity index is 1.46. The molecule has 1 aromatic heterocycles. The minimum absolute atomic E-state index is 0.352. The molecule has 0 fully saturated rings. The Bertz CT molecular complexity index is 867. The molecule has 3 N–H and O–H groups in total. The van der Waals surface area contributed by atoms with Crippen LogP contribution in [0.2, 0.25) is 0 Å². The van der Waals surface area contributed by atoms with E-state index in [0.29, 0.717) is 11.2 Å². The monoisotopic (exact) mass is 321 g/mol. The summed E-state index contributed by atoms with van der Waals surface area (Å²) in [5.41, 5.74) is 6.33. The number of thiocarbonyl (C=S) groups is 1. The van der Waals surface area contributed by atoms with Crippen molar-refractivity contribution < 1.29 is 0 Å². The number of hydrogen-bond acceptors (Lipinski definition) is 1. The number of H-pyrrole nitrogens is 1. The number of hydrogen-bond donors (Lipinski definition) is 3. The highest BCUT2D eigenvalue weighted by Crippen LogP contribution is 2.30. The van der Waals surface area contributed by atoms with Gasteiger partial charge >= 0.3 is 0 Å². The molecule has 0 bridgehead atoms. The summed E-state index contributed by atoms with van der Waals surface area (Å²) < 4.78 is 0. The number of aromatic nitrogens is 1. The topological polar surface area (TPSA) is 39.9 Å². The molecule has 1 aliphatic rings. The van der Waals surface area contributed by atoms with Gasteiger partial charge in [0.25, 0.3) is 0 Å². The van der Waals surface area contributed by atoms with Crippen LogP contribution >= 0.6 is 12.2 Å². The zero-order valence-corrected chi connectivity index (χ0v) is 13.8. The van der Waals surface area contributed by atoms with Crippen LogP contribution in [0.4, 0.5) is 5.69 Å². The maximum atomic E-state index is 5.44. The number of para-hydroxylation sites is 1. The maximum Gasteiger partial charge on any atom is 0.171 e. The van der Waals surface area contributed by atoms with E-state index >= 15 is 0 Å². The van der Waals surface area contributed by atoms with Gasteiger partial charge in [0.05, 0.1) is 0 Å². The molecule has 0 saturated carbocycles. The van der Waals surface area contributed by atoms with Gasteiger partial charge in [0.2, 0.25) is 0 Å². The van der Waals surface area contributed by atoms with Crippen LogP contribution in [0.3, 0.4) is 0 Å². The molecule has 0 saturated heterocycles. The highest BCUT2D eigenvalue weighted by atomic mass is 32.1. The molecule has 3 nitrogen and oxygen atoms in total. The minimum Gasteiger partial charge on any atom is -0.359 e. The van der Waals surface area contributed by atoms with E-state index in [9.17, 15) is 0 Å². The number of anilines is 1. The average molecular weight is 321 g/mol. The molecule has 2 aromatic carbocycles. The van der Waals surface area contributed by atoms with E-state index in [1.165, 1.54) is 27.7 Å². The van der Waals surface area contributed by atoms with E-state index in [4.69, 9.17) is 12.2 Å². The molecular weight excluding hydrogens is 302 g/mol. The fraction of sp³-hybridized carbons (Fsp3) is 0.211. The van der Waals surface area contributed by atoms with Crippen molar-refractivity contribution in [2.75, 3.05) is 5.32 Å². The van der Waals surface area contributed by atoms with E-state index < -0.39 is 0 Å². The first kappa shape index (κ1) is 14.3. The van der Waals surface area contributed by atoms with E-state index in [1.807, 2.05) is 30.3 Å². The lowest BCUT2D eigenvalue weighted by molar-refractivity contribution is 0.644. The van der Waals surface area contributed by atoms with Crippen LogP contribution in [-0.2, 0) is 12.8 Å². The number of aryl methyl sites for hydroxylation is 1. The van der Waals surface area contributed by atoms with Gasteiger partial charge in [0.1, 0.15) is 0 Å². The summed E-state index contributed by atoms with van der Waals surface area (Å²) in [6.07, 6.45) is 2.00. The molecule has 1 heterocycles. The standard InChI is InChI=1S/C19H19N3S/c1-12-7-8-17-15(9-12)16-10-14(11-18(16)22-17)21-19(23)20-13-5-3-2-4-6-13/h2-9,14,22H,10-11H2,1H3,(H2,20,21,23). The zero-order valence-electron chi connectivity index (χ0n) is 13.0. The summed E-state index contributed by atoms with van der Waals surface area (Å²) in [7, 11) is 0. The van der Waals surface area contributed by atoms with Gasteiger partial charge in [-0.2, -0.15) is 0 Å². The van der Waals surface area contributed by atoms with Gasteiger partial charge in [-0.25, -0.2) is 0 Å². The Morgan fingerprint density at radius 1 is 1.13 bits per heavy atom. The molecule has 0 amide bonds. The Labute approximate surface area is 141 Å². The van der Waals surface area contributed by atoms with Gasteiger partial charge in [-0.1, -0.05) is 29.8 Å². The molecule has 0 aliphatic heterocycles. The van der Waals surface area contributed by atoms with Crippen LogP contribution < -0.4 is 10.6 Å². The van der Waals surface area contributed by atoms with Gasteiger partial charge in [-0.05, 0) is 55.4 Å². The van der Waals surface area contributed by atoms with Gasteiger partial charge in [0.15, 0.2) is 5.11 Å². The second-order valence-electron chi connectivity index (χ2n) is 6.20. The summed E-state index contributed by atoms with van der Waals surface area (Å²) in [4.78, 5) is 3.55. The van der Waals surface area contributed by atoms with E-state index in [-0.39, 0.29) is 0 Å². The Hall–Kier alpha value is -2.33. The third-order valence-corrected chi connectivity index (χ3v) is 4.64. The SMILES string of the molecule is Cc1ccc2[nH]c3c(c2c1)CC(NC(=S)Nc1ccccc1)C3. The molecule has 1 atom stereocenters. The van der Waals surface area contributed by atoms with Crippen molar-refractivity contribution in [3.63, 3.8) is 0 Å². The Morgan fingerprint density at radius 3 is 2.78 bits per heavy atom. The Morgan fingerprint density at radius 2 is 1.96 bits per heavy atom. The molecule has 116 valence electrons. The highest BCUT2D eigenvalue weighted by Gasteiger charge is 2.25. The Kier molecular flexibility index (Phi) is 3.54. The van der Waals surface area contributed by atoms with Crippen LogP contribution in [0.5, 0.6) is 0 Å². The summed E-state index contributed by atoms with van der Waals surface area (Å²) in [5, 5.41) is 8.72. The minimum atomic E-state index is 0.352. The molecule has 1 aliphatic carbocycles. The van der Waals surface area contributed by atoms with Crippen molar-refractivity contribution in [2.24, 2.45) is 0 Å². The average Bonchev–Trinajstić information content (AvgIpc) is 3.05. The molecule has 3 aromatic rings. The third kappa shape index (κ3) is 2.82. The third-order valence-electron chi connectivity index (χ3n) is 4.42. The van der Waals surface area contributed by atoms with Gasteiger partial charge in [-0.15, -0.1) is 0 Å². The maximum absolute atomic E-state index is 5.44. The lowest BCUT2D eigenvalue weighted by Crippen LogP contribution is -2.38. The molecule has 4 heteroatoms. The molecular formula is C19H19N3S. The second kappa shape index (κ2) is 5.70. The summed E-state index contributed by atoms with van der Waals surface area (Å²) >= 11 is 5.44. The lowest BCUT2D eigenvalue weighted by atomic mass is 10.1. The van der Waals surface area contributed by atoms with E-state index in [2.05, 4.69) is 40.7 Å². The summed E-state index contributed by atoms with van der Waals surface area (Å²) in [6, 6.07) is 17.0. The van der Waals surface area contributed by atoms with Crippen molar-refractivity contribution in [1.82, 2.24) is 10.3 Å². The molecule has 1 unspecified atom stereocenters. The number of aromatic amines is 1. The number of rotatable bonds is 2. The van der Waals surface area contributed by atoms with Crippen molar-refractivity contribution in [3.8, 4) is 0 Å². The van der Waals surface area contributed by atoms with E-state index in [0.717, 1.165) is 18.5 Å². The normalized spacial score (nSPS) is 16.3. The second-order valence-corrected chi connectivity index (χ2v) is 6.61. The predicted octanol–water partition coefficient (Wildman–Crippen LogP) is 3.93. The number of benzene rings is 2. The van der Waals surface area contributed by atoms with Crippen molar-refractivity contribution in [2.45, 2.75) is 25.8 Å². The smallest absolute Gasteiger partial charge is 0.171 e. The molecule has 4 rings (SSSR count). The van der Waals surface area contributed by atoms with Crippen molar-refractivity contribution in [3.05, 3.63) is 65.4 Å². The molecule has 0 radical (unpaired) electrons. The number of fused-ring (bicyclic) bond motifs is 3. The first-order valence-electron chi connectivity index (χ1n) is 7.92. The first-order valence-corrected chi connectivity index (χ1v) is 8.32. The van der Waals surface area contributed by atoms with Crippen LogP contribution in [0, 0.1) is 6.92 Å². The largest absolute Gasteiger partial charge is 0.359 e. The fourth-order valence-electron chi connectivity index (χ4n) is 3.37. The fourth-order valence-corrected chi connectivity index (χ4v) is 3.65. The molecule has 23 heavy (non-hydrogen) atoms. The number of nitrogens with one attached hydrogen (secondary N) is 3. The van der Waals surface area contributed by atoms with Crippen LogP contribution in [-0.4, -0.2) is 16.1 Å². The predicted molar refractivity (Wildman–Crippen MR) is 100 cm³/mol. The van der Waals surface area contributed by atoms with E-state index in [1.54, 1.807) is 0 Å². The van der Waals surface area contributed by atoms with Crippen LogP contribution in [0.1, 0.15) is 16.8 Å². The summed E-state index contributed by atoms with van der Waals surface area (Å²) in [6.45, 7) is 2.14. The quantitative estimate of drug-likeness (QED) is 0.626. The van der Waals surface area contributed by atoms with Gasteiger partial charge in [-0.3, -0.25) is 0 Å². The van der Waals surface area contributed by atoms with Crippen molar-refractivity contribution in [1.29, 1.82) is 0 Å². The van der Waals surface area contributed by atoms with Gasteiger partial charge < -0.3 is 15.6 Å². The first-order chi connectivity index (χ1) is 11.2. The molecule has 0 spiro atoms. The zero-order chi connectivity index (χ0) is 15.8.